The minimum atomic E-state index is -0.522. The molecule has 0 radical (unpaired) electrons. The van der Waals surface area contributed by atoms with Gasteiger partial charge in [-0.2, -0.15) is 5.26 Å². The molecule has 0 unspecified atom stereocenters. The van der Waals surface area contributed by atoms with Crippen LogP contribution < -0.4 is 10.4 Å². The zero-order valence-electron chi connectivity index (χ0n) is 15.8. The highest BCUT2D eigenvalue weighted by Crippen LogP contribution is 2.34. The molecule has 7 heteroatoms. The van der Waals surface area contributed by atoms with E-state index < -0.39 is 5.63 Å². The van der Waals surface area contributed by atoms with E-state index in [0.29, 0.717) is 28.5 Å². The molecule has 0 aliphatic rings. The van der Waals surface area contributed by atoms with Crippen molar-refractivity contribution in [2.45, 2.75) is 6.92 Å². The van der Waals surface area contributed by atoms with Gasteiger partial charge in [0, 0.05) is 20.4 Å². The predicted molar refractivity (Wildman–Crippen MR) is 120 cm³/mol. The van der Waals surface area contributed by atoms with E-state index in [-0.39, 0.29) is 17.0 Å². The lowest BCUT2D eigenvalue weighted by atomic mass is 9.99. The molecule has 0 saturated carbocycles. The zero-order chi connectivity index (χ0) is 21.3. The Morgan fingerprint density at radius 1 is 1.13 bits per heavy atom. The number of halogens is 2. The van der Waals surface area contributed by atoms with Crippen LogP contribution in [0.3, 0.4) is 0 Å². The van der Waals surface area contributed by atoms with Crippen LogP contribution >= 0.6 is 27.5 Å². The van der Waals surface area contributed by atoms with Gasteiger partial charge in [0.1, 0.15) is 17.2 Å². The average Bonchev–Trinajstić information content (AvgIpc) is 2.74. The minimum Gasteiger partial charge on any atom is -0.477 e. The molecule has 0 atom stereocenters. The van der Waals surface area contributed by atoms with Crippen molar-refractivity contribution in [3.05, 3.63) is 80.1 Å². The second-order valence-corrected chi connectivity index (χ2v) is 7.77. The van der Waals surface area contributed by atoms with Gasteiger partial charge in [0.25, 0.3) is 0 Å². The van der Waals surface area contributed by atoms with Gasteiger partial charge in [-0.25, -0.2) is 9.78 Å². The molecular formula is C23H14BrClN2O3. The van der Waals surface area contributed by atoms with Gasteiger partial charge in [-0.1, -0.05) is 39.7 Å². The molecular weight excluding hydrogens is 468 g/mol. The van der Waals surface area contributed by atoms with Crippen LogP contribution in [0.5, 0.6) is 5.88 Å². The lowest BCUT2D eigenvalue weighted by molar-refractivity contribution is 0.326. The molecule has 5 nitrogen and oxygen atoms in total. The summed E-state index contributed by atoms with van der Waals surface area (Å²) >= 11 is 9.44. The largest absolute Gasteiger partial charge is 0.477 e. The van der Waals surface area contributed by atoms with Crippen molar-refractivity contribution in [3.63, 3.8) is 0 Å². The van der Waals surface area contributed by atoms with Gasteiger partial charge in [0.2, 0.25) is 5.88 Å². The Morgan fingerprint density at radius 3 is 2.60 bits per heavy atom. The van der Waals surface area contributed by atoms with Crippen molar-refractivity contribution in [2.75, 3.05) is 6.61 Å². The average molecular weight is 482 g/mol. The number of benzene rings is 2. The van der Waals surface area contributed by atoms with Gasteiger partial charge >= 0.3 is 5.63 Å². The maximum atomic E-state index is 12.7. The van der Waals surface area contributed by atoms with E-state index in [0.717, 1.165) is 15.4 Å². The Balaban J connectivity index is 2.00. The second kappa shape index (κ2) is 8.31. The Labute approximate surface area is 185 Å². The summed E-state index contributed by atoms with van der Waals surface area (Å²) in [5.41, 5.74) is 2.23. The van der Waals surface area contributed by atoms with Crippen molar-refractivity contribution in [1.29, 1.82) is 5.26 Å². The van der Waals surface area contributed by atoms with Crippen molar-refractivity contribution in [2.24, 2.45) is 0 Å². The first-order valence-corrected chi connectivity index (χ1v) is 10.2. The summed E-state index contributed by atoms with van der Waals surface area (Å²) in [6.45, 7) is 2.13. The SMILES string of the molecule is CCOc1nc(-c2cc3cc(Br)ccc3oc2=O)cc(-c2ccc(Cl)cc2)c1C#N. The van der Waals surface area contributed by atoms with Gasteiger partial charge in [0.15, 0.2) is 0 Å². The Hall–Kier alpha value is -3.14. The van der Waals surface area contributed by atoms with Crippen LogP contribution in [-0.4, -0.2) is 11.6 Å². The molecule has 4 rings (SSSR count). The summed E-state index contributed by atoms with van der Waals surface area (Å²) < 4.78 is 12.0. The van der Waals surface area contributed by atoms with Crippen LogP contribution in [-0.2, 0) is 0 Å². The third-order valence-corrected chi connectivity index (χ3v) is 5.25. The minimum absolute atomic E-state index is 0.163. The number of ether oxygens (including phenoxy) is 1. The van der Waals surface area contributed by atoms with Crippen LogP contribution in [0.25, 0.3) is 33.4 Å². The number of fused-ring (bicyclic) bond motifs is 1. The lowest BCUT2D eigenvalue weighted by Gasteiger charge is -2.12. The van der Waals surface area contributed by atoms with Gasteiger partial charge in [-0.15, -0.1) is 0 Å². The zero-order valence-corrected chi connectivity index (χ0v) is 18.1. The summed E-state index contributed by atoms with van der Waals surface area (Å²) in [6, 6.07) is 18.0. The highest BCUT2D eigenvalue weighted by molar-refractivity contribution is 9.10. The molecule has 0 spiro atoms. The van der Waals surface area contributed by atoms with Crippen molar-refractivity contribution in [3.8, 4) is 34.3 Å². The molecule has 0 aliphatic carbocycles. The van der Waals surface area contributed by atoms with E-state index in [1.54, 1.807) is 55.5 Å². The van der Waals surface area contributed by atoms with E-state index in [1.807, 2.05) is 6.07 Å². The standard InChI is InChI=1S/C23H14BrClN2O3/c1-2-29-22-19(12-26)17(13-3-6-16(25)7-4-13)11-20(27-22)18-10-14-9-15(24)5-8-21(14)30-23(18)28/h3-11H,2H2,1H3. The normalized spacial score (nSPS) is 10.7. The monoisotopic (exact) mass is 480 g/mol. The molecule has 0 N–H and O–H groups in total. The highest BCUT2D eigenvalue weighted by Gasteiger charge is 2.19. The molecule has 4 aromatic rings. The van der Waals surface area contributed by atoms with Crippen molar-refractivity contribution in [1.82, 2.24) is 4.98 Å². The molecule has 2 aromatic carbocycles. The number of nitriles is 1. The molecule has 148 valence electrons. The summed E-state index contributed by atoms with van der Waals surface area (Å²) in [5.74, 6) is 0.163. The molecule has 0 amide bonds. The molecule has 0 bridgehead atoms. The lowest BCUT2D eigenvalue weighted by Crippen LogP contribution is -2.07. The third kappa shape index (κ3) is 3.82. The van der Waals surface area contributed by atoms with E-state index in [2.05, 4.69) is 27.0 Å². The number of nitrogens with zero attached hydrogens (tertiary/aromatic N) is 2. The van der Waals surface area contributed by atoms with Gasteiger partial charge in [0.05, 0.1) is 17.9 Å². The molecule has 2 heterocycles. The van der Waals surface area contributed by atoms with E-state index in [9.17, 15) is 10.1 Å². The van der Waals surface area contributed by atoms with E-state index in [4.69, 9.17) is 20.8 Å². The number of hydrogen-bond acceptors (Lipinski definition) is 5. The number of aromatic nitrogens is 1. The summed E-state index contributed by atoms with van der Waals surface area (Å²) in [5, 5.41) is 11.1. The highest BCUT2D eigenvalue weighted by atomic mass is 79.9. The molecule has 0 fully saturated rings. The second-order valence-electron chi connectivity index (χ2n) is 6.42. The fourth-order valence-electron chi connectivity index (χ4n) is 3.14. The maximum absolute atomic E-state index is 12.7. The molecule has 0 saturated heterocycles. The third-order valence-electron chi connectivity index (χ3n) is 4.50. The van der Waals surface area contributed by atoms with Crippen LogP contribution in [0.1, 0.15) is 12.5 Å². The molecule has 2 aromatic heterocycles. The number of hydrogen-bond donors (Lipinski definition) is 0. The van der Waals surface area contributed by atoms with Crippen LogP contribution in [0.15, 0.2) is 68.3 Å². The number of rotatable bonds is 4. The number of pyridine rings is 1. The fourth-order valence-corrected chi connectivity index (χ4v) is 3.64. The van der Waals surface area contributed by atoms with Gasteiger partial charge in [-0.05, 0) is 55.0 Å². The fraction of sp³-hybridized carbons (Fsp3) is 0.0870. The van der Waals surface area contributed by atoms with Crippen LogP contribution in [0.2, 0.25) is 5.02 Å². The van der Waals surface area contributed by atoms with Crippen LogP contribution in [0, 0.1) is 11.3 Å². The van der Waals surface area contributed by atoms with Gasteiger partial charge < -0.3 is 9.15 Å². The van der Waals surface area contributed by atoms with E-state index in [1.165, 1.54) is 0 Å². The summed E-state index contributed by atoms with van der Waals surface area (Å²) in [6.07, 6.45) is 0. The molecule has 0 aliphatic heterocycles. The first-order valence-electron chi connectivity index (χ1n) is 9.08. The summed E-state index contributed by atoms with van der Waals surface area (Å²) in [7, 11) is 0. The Morgan fingerprint density at radius 2 is 1.90 bits per heavy atom. The molecule has 30 heavy (non-hydrogen) atoms. The maximum Gasteiger partial charge on any atom is 0.345 e. The quantitative estimate of drug-likeness (QED) is 0.324. The Bertz CT molecular complexity index is 1360. The first-order chi connectivity index (χ1) is 14.5. The summed E-state index contributed by atoms with van der Waals surface area (Å²) in [4.78, 5) is 17.1. The topological polar surface area (TPSA) is 76.1 Å². The smallest absolute Gasteiger partial charge is 0.345 e. The van der Waals surface area contributed by atoms with Crippen molar-refractivity contribution < 1.29 is 9.15 Å². The van der Waals surface area contributed by atoms with E-state index >= 15 is 0 Å². The predicted octanol–water partition coefficient (Wildman–Crippen LogP) is 6.21. The van der Waals surface area contributed by atoms with Crippen molar-refractivity contribution >= 4 is 38.5 Å². The first kappa shape index (κ1) is 20.1. The van der Waals surface area contributed by atoms with Gasteiger partial charge in [-0.3, -0.25) is 0 Å². The Kier molecular flexibility index (Phi) is 5.58. The van der Waals surface area contributed by atoms with Crippen LogP contribution in [0.4, 0.5) is 0 Å².